The van der Waals surface area contributed by atoms with Crippen LogP contribution in [0.4, 0.5) is 0 Å². The maximum absolute atomic E-state index is 13.0. The van der Waals surface area contributed by atoms with Gasteiger partial charge < -0.3 is 9.47 Å². The van der Waals surface area contributed by atoms with E-state index in [2.05, 4.69) is 4.72 Å². The summed E-state index contributed by atoms with van der Waals surface area (Å²) in [7, 11) is -4.01. The standard InChI is InChI=1S/C21H24N2O6S/c24-20(22-25)21(12-17-6-7-18(13-21)29-17)23-30(26,27)19-10-8-16(9-11-19)28-14-15-4-2-1-3-5-15/h1-5,8-11,17-18,23,25H,6-7,12-14H2,(H,22,24)/t17-,18+,21?. The molecule has 0 radical (unpaired) electrons. The minimum absolute atomic E-state index is 0.0125. The van der Waals surface area contributed by atoms with Gasteiger partial charge in [-0.15, -0.1) is 0 Å². The van der Waals surface area contributed by atoms with Crippen LogP contribution >= 0.6 is 0 Å². The maximum Gasteiger partial charge on any atom is 0.264 e. The molecule has 2 aliphatic heterocycles. The van der Waals surface area contributed by atoms with Crippen molar-refractivity contribution in [1.29, 1.82) is 0 Å². The van der Waals surface area contributed by atoms with E-state index in [1.54, 1.807) is 17.6 Å². The zero-order valence-electron chi connectivity index (χ0n) is 16.3. The Bertz CT molecular complexity index is 982. The summed E-state index contributed by atoms with van der Waals surface area (Å²) in [5, 5.41) is 9.21. The molecule has 2 fully saturated rings. The Kier molecular flexibility index (Phi) is 5.79. The predicted octanol–water partition coefficient (Wildman–Crippen LogP) is 2.13. The number of sulfonamides is 1. The van der Waals surface area contributed by atoms with Crippen molar-refractivity contribution in [2.24, 2.45) is 0 Å². The first-order chi connectivity index (χ1) is 14.4. The van der Waals surface area contributed by atoms with Crippen molar-refractivity contribution in [2.75, 3.05) is 0 Å². The number of hydrogen-bond donors (Lipinski definition) is 3. The van der Waals surface area contributed by atoms with E-state index >= 15 is 0 Å². The van der Waals surface area contributed by atoms with Crippen LogP contribution in [0.15, 0.2) is 59.5 Å². The van der Waals surface area contributed by atoms with E-state index in [9.17, 15) is 18.4 Å². The van der Waals surface area contributed by atoms with Gasteiger partial charge in [0.2, 0.25) is 10.0 Å². The second-order valence-corrected chi connectivity index (χ2v) is 9.42. The number of benzene rings is 2. The number of carbonyl (C=O) groups excluding carboxylic acids is 1. The van der Waals surface area contributed by atoms with Crippen LogP contribution in [0.5, 0.6) is 5.75 Å². The topological polar surface area (TPSA) is 114 Å². The summed E-state index contributed by atoms with van der Waals surface area (Å²) < 4.78 is 40.0. The molecule has 0 aliphatic carbocycles. The van der Waals surface area contributed by atoms with E-state index in [-0.39, 0.29) is 29.9 Å². The van der Waals surface area contributed by atoms with Gasteiger partial charge in [0.25, 0.3) is 5.91 Å². The van der Waals surface area contributed by atoms with Gasteiger partial charge in [0.05, 0.1) is 17.1 Å². The van der Waals surface area contributed by atoms with Crippen molar-refractivity contribution in [3.8, 4) is 5.75 Å². The first kappa shape index (κ1) is 20.8. The third-order valence-corrected chi connectivity index (χ3v) is 7.15. The van der Waals surface area contributed by atoms with Gasteiger partial charge in [0.15, 0.2) is 0 Å². The van der Waals surface area contributed by atoms with Crippen LogP contribution in [0.2, 0.25) is 0 Å². The zero-order chi connectivity index (χ0) is 21.2. The van der Waals surface area contributed by atoms with Gasteiger partial charge >= 0.3 is 0 Å². The first-order valence-electron chi connectivity index (χ1n) is 9.81. The van der Waals surface area contributed by atoms with E-state index in [1.165, 1.54) is 12.1 Å². The number of ether oxygens (including phenoxy) is 2. The number of hydrogen-bond acceptors (Lipinski definition) is 6. The summed E-state index contributed by atoms with van der Waals surface area (Å²) in [6.07, 6.45) is 1.46. The molecular formula is C21H24N2O6S. The summed E-state index contributed by atoms with van der Waals surface area (Å²) in [6.45, 7) is 0.369. The molecule has 2 bridgehead atoms. The van der Waals surface area contributed by atoms with Gasteiger partial charge in [0, 0.05) is 12.8 Å². The van der Waals surface area contributed by atoms with Crippen molar-refractivity contribution >= 4 is 15.9 Å². The molecule has 2 saturated heterocycles. The number of hydroxylamine groups is 1. The molecule has 2 heterocycles. The van der Waals surface area contributed by atoms with Crippen molar-refractivity contribution < 1.29 is 27.9 Å². The summed E-state index contributed by atoms with van der Waals surface area (Å²) in [6, 6.07) is 15.6. The van der Waals surface area contributed by atoms with Gasteiger partial charge in [-0.1, -0.05) is 30.3 Å². The van der Waals surface area contributed by atoms with E-state index < -0.39 is 21.5 Å². The number of amides is 1. The number of fused-ring (bicyclic) bond motifs is 2. The van der Waals surface area contributed by atoms with Crippen LogP contribution < -0.4 is 14.9 Å². The molecular weight excluding hydrogens is 408 g/mol. The molecule has 0 saturated carbocycles. The van der Waals surface area contributed by atoms with E-state index in [1.807, 2.05) is 30.3 Å². The molecule has 8 nitrogen and oxygen atoms in total. The smallest absolute Gasteiger partial charge is 0.264 e. The molecule has 160 valence electrons. The highest BCUT2D eigenvalue weighted by molar-refractivity contribution is 7.89. The Hall–Kier alpha value is -2.46. The van der Waals surface area contributed by atoms with E-state index in [0.717, 1.165) is 18.4 Å². The van der Waals surface area contributed by atoms with Crippen LogP contribution in [0.25, 0.3) is 0 Å². The monoisotopic (exact) mass is 432 g/mol. The summed E-state index contributed by atoms with van der Waals surface area (Å²) in [5.74, 6) is -0.237. The van der Waals surface area contributed by atoms with Gasteiger partial charge in [0.1, 0.15) is 17.9 Å². The molecule has 0 spiro atoms. The Morgan fingerprint density at radius 2 is 1.70 bits per heavy atom. The highest BCUT2D eigenvalue weighted by Gasteiger charge is 2.51. The molecule has 1 unspecified atom stereocenters. The lowest BCUT2D eigenvalue weighted by molar-refractivity contribution is -0.142. The summed E-state index contributed by atoms with van der Waals surface area (Å²) in [5.41, 5.74) is 1.18. The lowest BCUT2D eigenvalue weighted by atomic mass is 9.87. The number of nitrogens with one attached hydrogen (secondary N) is 2. The average Bonchev–Trinajstić information content (AvgIpc) is 3.11. The third-order valence-electron chi connectivity index (χ3n) is 5.60. The molecule has 1 amide bonds. The van der Waals surface area contributed by atoms with Crippen molar-refractivity contribution in [1.82, 2.24) is 10.2 Å². The minimum atomic E-state index is -4.01. The largest absolute Gasteiger partial charge is 0.489 e. The Morgan fingerprint density at radius 1 is 1.07 bits per heavy atom. The van der Waals surface area contributed by atoms with E-state index in [4.69, 9.17) is 9.47 Å². The van der Waals surface area contributed by atoms with Crippen LogP contribution in [0.1, 0.15) is 31.2 Å². The second-order valence-electron chi connectivity index (χ2n) is 7.74. The van der Waals surface area contributed by atoms with Crippen LogP contribution in [-0.4, -0.2) is 37.3 Å². The summed E-state index contributed by atoms with van der Waals surface area (Å²) in [4.78, 5) is 12.4. The number of rotatable bonds is 7. The molecule has 3 N–H and O–H groups in total. The van der Waals surface area contributed by atoms with Crippen molar-refractivity contribution in [2.45, 2.75) is 54.9 Å². The lowest BCUT2D eigenvalue weighted by Crippen LogP contribution is -2.62. The Morgan fingerprint density at radius 3 is 2.30 bits per heavy atom. The van der Waals surface area contributed by atoms with Gasteiger partial charge in [-0.3, -0.25) is 10.0 Å². The zero-order valence-corrected chi connectivity index (χ0v) is 17.1. The number of carbonyl (C=O) groups is 1. The lowest BCUT2D eigenvalue weighted by Gasteiger charge is -2.38. The van der Waals surface area contributed by atoms with Gasteiger partial charge in [-0.05, 0) is 42.7 Å². The molecule has 4 rings (SSSR count). The highest BCUT2D eigenvalue weighted by Crippen LogP contribution is 2.39. The van der Waals surface area contributed by atoms with Crippen LogP contribution in [0, 0.1) is 0 Å². The molecule has 2 aliphatic rings. The second kappa shape index (κ2) is 8.35. The molecule has 9 heteroatoms. The fraction of sp³-hybridized carbons (Fsp3) is 0.381. The predicted molar refractivity (Wildman–Crippen MR) is 107 cm³/mol. The highest BCUT2D eigenvalue weighted by atomic mass is 32.2. The molecule has 30 heavy (non-hydrogen) atoms. The summed E-state index contributed by atoms with van der Waals surface area (Å²) >= 11 is 0. The Labute approximate surface area is 175 Å². The quantitative estimate of drug-likeness (QED) is 0.456. The molecule has 2 aromatic rings. The fourth-order valence-electron chi connectivity index (χ4n) is 4.14. The van der Waals surface area contributed by atoms with Crippen molar-refractivity contribution in [3.05, 3.63) is 60.2 Å². The molecule has 2 aromatic carbocycles. The van der Waals surface area contributed by atoms with Gasteiger partial charge in [-0.2, -0.15) is 4.72 Å². The average molecular weight is 432 g/mol. The third kappa shape index (κ3) is 4.34. The fourth-order valence-corrected chi connectivity index (χ4v) is 5.52. The van der Waals surface area contributed by atoms with Gasteiger partial charge in [-0.25, -0.2) is 13.9 Å². The van der Waals surface area contributed by atoms with E-state index in [0.29, 0.717) is 12.4 Å². The van der Waals surface area contributed by atoms with Crippen molar-refractivity contribution in [3.63, 3.8) is 0 Å². The SMILES string of the molecule is O=C(NO)C1(NS(=O)(=O)c2ccc(OCc3ccccc3)cc2)C[C@H]2CC[C@@H](C1)O2. The van der Waals surface area contributed by atoms with Crippen LogP contribution in [-0.2, 0) is 26.2 Å². The van der Waals surface area contributed by atoms with Crippen LogP contribution in [0.3, 0.4) is 0 Å². The maximum atomic E-state index is 13.0. The Balaban J connectivity index is 1.49. The molecule has 0 aromatic heterocycles. The normalized spacial score (nSPS) is 25.6. The minimum Gasteiger partial charge on any atom is -0.489 e. The first-order valence-corrected chi connectivity index (χ1v) is 11.3. The molecule has 3 atom stereocenters.